The van der Waals surface area contributed by atoms with Gasteiger partial charge < -0.3 is 19.9 Å². The number of carbonyl (C=O) groups excluding carboxylic acids is 2. The average molecular weight is 480 g/mol. The van der Waals surface area contributed by atoms with Crippen LogP contribution in [0.5, 0.6) is 0 Å². The highest BCUT2D eigenvalue weighted by Crippen LogP contribution is 2.34. The molecule has 1 N–H and O–H groups in total. The second-order valence-corrected chi connectivity index (χ2v) is 9.11. The van der Waals surface area contributed by atoms with Crippen molar-refractivity contribution in [3.05, 3.63) is 69.3 Å². The van der Waals surface area contributed by atoms with Crippen molar-refractivity contribution >= 4 is 23.2 Å². The van der Waals surface area contributed by atoms with E-state index >= 15 is 0 Å². The van der Waals surface area contributed by atoms with Gasteiger partial charge in [0.25, 0.3) is 11.6 Å². The number of morpholine rings is 1. The molecule has 0 radical (unpaired) electrons. The highest BCUT2D eigenvalue weighted by molar-refractivity contribution is 5.98. The first-order chi connectivity index (χ1) is 17.0. The minimum atomic E-state index is -0.478. The van der Waals surface area contributed by atoms with E-state index in [4.69, 9.17) is 4.74 Å². The Labute approximate surface area is 203 Å². The number of carbonyl (C=O) groups is 2. The lowest BCUT2D eigenvalue weighted by molar-refractivity contribution is -0.384. The van der Waals surface area contributed by atoms with Crippen LogP contribution in [0, 0.1) is 10.1 Å². The van der Waals surface area contributed by atoms with Crippen molar-refractivity contribution < 1.29 is 19.2 Å². The van der Waals surface area contributed by atoms with Gasteiger partial charge in [-0.05, 0) is 29.7 Å². The molecule has 2 amide bonds. The van der Waals surface area contributed by atoms with Crippen LogP contribution in [0.1, 0.15) is 27.5 Å². The molecule has 2 aromatic rings. The molecule has 0 aliphatic carbocycles. The van der Waals surface area contributed by atoms with E-state index in [-0.39, 0.29) is 35.7 Å². The second-order valence-electron chi connectivity index (χ2n) is 9.11. The number of anilines is 1. The van der Waals surface area contributed by atoms with Gasteiger partial charge in [-0.3, -0.25) is 24.6 Å². The molecule has 10 heteroatoms. The van der Waals surface area contributed by atoms with Crippen LogP contribution >= 0.6 is 0 Å². The molecule has 10 nitrogen and oxygen atoms in total. The summed E-state index contributed by atoms with van der Waals surface area (Å²) >= 11 is 0. The van der Waals surface area contributed by atoms with Gasteiger partial charge in [0.05, 0.1) is 24.2 Å². The number of hydrogen-bond donors (Lipinski definition) is 1. The third-order valence-corrected chi connectivity index (χ3v) is 7.03. The van der Waals surface area contributed by atoms with Crippen LogP contribution in [0.25, 0.3) is 0 Å². The number of nitro groups is 1. The molecule has 2 fully saturated rings. The van der Waals surface area contributed by atoms with Crippen molar-refractivity contribution in [2.75, 3.05) is 64.3 Å². The SMILES string of the molecule is O=C(c1ccc(NCCN2CCOCC2)c([N+](=O)[O-])c1)N1CC(=O)N2CCc3ccccc3C2C1. The summed E-state index contributed by atoms with van der Waals surface area (Å²) in [6, 6.07) is 12.3. The van der Waals surface area contributed by atoms with E-state index < -0.39 is 4.92 Å². The number of fused-ring (bicyclic) bond motifs is 3. The summed E-state index contributed by atoms with van der Waals surface area (Å²) in [4.78, 5) is 43.1. The zero-order chi connectivity index (χ0) is 24.4. The minimum Gasteiger partial charge on any atom is -0.379 e. The first-order valence-corrected chi connectivity index (χ1v) is 12.0. The molecule has 5 rings (SSSR count). The maximum Gasteiger partial charge on any atom is 0.293 e. The van der Waals surface area contributed by atoms with Gasteiger partial charge >= 0.3 is 0 Å². The van der Waals surface area contributed by atoms with Gasteiger partial charge in [0.15, 0.2) is 0 Å². The quantitative estimate of drug-likeness (QED) is 0.498. The molecule has 3 aliphatic rings. The fraction of sp³-hybridized carbons (Fsp3) is 0.440. The molecule has 0 aromatic heterocycles. The van der Waals surface area contributed by atoms with Crippen LogP contribution in [0.15, 0.2) is 42.5 Å². The van der Waals surface area contributed by atoms with Gasteiger partial charge in [-0.15, -0.1) is 0 Å². The number of benzene rings is 2. The second kappa shape index (κ2) is 10.0. The van der Waals surface area contributed by atoms with E-state index in [1.165, 1.54) is 16.5 Å². The van der Waals surface area contributed by atoms with Crippen molar-refractivity contribution in [2.24, 2.45) is 0 Å². The smallest absolute Gasteiger partial charge is 0.293 e. The standard InChI is InChI=1S/C25H29N5O5/c31-24-17-28(16-23-20-4-2-1-3-18(20)7-9-29(23)24)25(32)19-5-6-21(22(15-19)30(33)34)26-8-10-27-11-13-35-14-12-27/h1-6,15,23,26H,7-14,16-17H2. The lowest BCUT2D eigenvalue weighted by Crippen LogP contribution is -2.55. The lowest BCUT2D eigenvalue weighted by Gasteiger charge is -2.44. The molecule has 35 heavy (non-hydrogen) atoms. The van der Waals surface area contributed by atoms with Crippen LogP contribution in [0.4, 0.5) is 11.4 Å². The fourth-order valence-electron chi connectivity index (χ4n) is 5.15. The molecule has 0 bridgehead atoms. The Morgan fingerprint density at radius 1 is 1.14 bits per heavy atom. The topological polar surface area (TPSA) is 108 Å². The van der Waals surface area contributed by atoms with Crippen LogP contribution in [0.2, 0.25) is 0 Å². The Bertz CT molecular complexity index is 1130. The highest BCUT2D eigenvalue weighted by Gasteiger charge is 2.38. The van der Waals surface area contributed by atoms with Crippen LogP contribution < -0.4 is 5.32 Å². The van der Waals surface area contributed by atoms with E-state index in [1.54, 1.807) is 12.1 Å². The summed E-state index contributed by atoms with van der Waals surface area (Å²) in [6.07, 6.45) is 0.804. The number of amides is 2. The van der Waals surface area contributed by atoms with E-state index in [0.717, 1.165) is 31.6 Å². The molecular weight excluding hydrogens is 450 g/mol. The Hall–Kier alpha value is -3.50. The van der Waals surface area contributed by atoms with Gasteiger partial charge in [0.2, 0.25) is 5.91 Å². The number of nitro benzene ring substituents is 1. The molecule has 0 spiro atoms. The molecule has 1 atom stereocenters. The maximum absolute atomic E-state index is 13.3. The molecule has 3 heterocycles. The molecule has 184 valence electrons. The van der Waals surface area contributed by atoms with Crippen LogP contribution in [-0.2, 0) is 16.0 Å². The van der Waals surface area contributed by atoms with Gasteiger partial charge in [-0.1, -0.05) is 24.3 Å². The van der Waals surface area contributed by atoms with Crippen molar-refractivity contribution in [2.45, 2.75) is 12.5 Å². The lowest BCUT2D eigenvalue weighted by atomic mass is 9.90. The van der Waals surface area contributed by atoms with Crippen molar-refractivity contribution in [3.8, 4) is 0 Å². The van der Waals surface area contributed by atoms with Crippen molar-refractivity contribution in [3.63, 3.8) is 0 Å². The number of ether oxygens (including phenoxy) is 1. The summed E-state index contributed by atoms with van der Waals surface area (Å²) in [6.45, 7) is 5.35. The summed E-state index contributed by atoms with van der Waals surface area (Å²) in [7, 11) is 0. The van der Waals surface area contributed by atoms with Gasteiger partial charge in [-0.25, -0.2) is 0 Å². The average Bonchev–Trinajstić information content (AvgIpc) is 2.88. The maximum atomic E-state index is 13.3. The summed E-state index contributed by atoms with van der Waals surface area (Å²) in [5, 5.41) is 14.9. The van der Waals surface area contributed by atoms with E-state index in [9.17, 15) is 19.7 Å². The molecule has 2 saturated heterocycles. The minimum absolute atomic E-state index is 0.0230. The van der Waals surface area contributed by atoms with Gasteiger partial charge in [-0.2, -0.15) is 0 Å². The third-order valence-electron chi connectivity index (χ3n) is 7.03. The zero-order valence-corrected chi connectivity index (χ0v) is 19.5. The zero-order valence-electron chi connectivity index (χ0n) is 19.5. The summed E-state index contributed by atoms with van der Waals surface area (Å²) in [5.41, 5.74) is 2.70. The predicted molar refractivity (Wildman–Crippen MR) is 129 cm³/mol. The number of rotatable bonds is 6. The number of hydrogen-bond acceptors (Lipinski definition) is 7. The molecule has 2 aromatic carbocycles. The van der Waals surface area contributed by atoms with E-state index in [2.05, 4.69) is 16.3 Å². The Morgan fingerprint density at radius 2 is 1.94 bits per heavy atom. The van der Waals surface area contributed by atoms with Crippen LogP contribution in [0.3, 0.4) is 0 Å². The predicted octanol–water partition coefficient (Wildman–Crippen LogP) is 1.92. The Kier molecular flexibility index (Phi) is 6.65. The van der Waals surface area contributed by atoms with Crippen molar-refractivity contribution in [1.82, 2.24) is 14.7 Å². The molecule has 3 aliphatic heterocycles. The van der Waals surface area contributed by atoms with E-state index in [1.807, 2.05) is 23.1 Å². The Morgan fingerprint density at radius 3 is 2.74 bits per heavy atom. The Balaban J connectivity index is 1.30. The number of nitrogens with zero attached hydrogens (tertiary/aromatic N) is 4. The first kappa shape index (κ1) is 23.3. The summed E-state index contributed by atoms with van der Waals surface area (Å²) < 4.78 is 5.34. The third kappa shape index (κ3) is 4.85. The fourth-order valence-corrected chi connectivity index (χ4v) is 5.15. The number of piperazine rings is 1. The normalized spacial score (nSPS) is 20.2. The highest BCUT2D eigenvalue weighted by atomic mass is 16.6. The molecular formula is C25H29N5O5. The van der Waals surface area contributed by atoms with Gasteiger partial charge in [0, 0.05) is 50.9 Å². The molecule has 0 saturated carbocycles. The largest absolute Gasteiger partial charge is 0.379 e. The first-order valence-electron chi connectivity index (χ1n) is 12.0. The van der Waals surface area contributed by atoms with Crippen LogP contribution in [-0.4, -0.2) is 90.5 Å². The monoisotopic (exact) mass is 479 g/mol. The number of nitrogens with one attached hydrogen (secondary N) is 1. The van der Waals surface area contributed by atoms with E-state index in [0.29, 0.717) is 38.5 Å². The molecule has 1 unspecified atom stereocenters. The van der Waals surface area contributed by atoms with Crippen molar-refractivity contribution in [1.29, 1.82) is 0 Å². The van der Waals surface area contributed by atoms with Gasteiger partial charge in [0.1, 0.15) is 12.2 Å². The summed E-state index contributed by atoms with van der Waals surface area (Å²) in [5.74, 6) is -0.468.